The molecule has 0 heterocycles. The average Bonchev–Trinajstić information content (AvgIpc) is 2.49. The van der Waals surface area contributed by atoms with Gasteiger partial charge in [-0.3, -0.25) is 0 Å². The highest BCUT2D eigenvalue weighted by atomic mass is 35.5. The third-order valence-corrected chi connectivity index (χ3v) is 4.92. The van der Waals surface area contributed by atoms with Gasteiger partial charge in [0.15, 0.2) is 0 Å². The molecule has 0 fully saturated rings. The fourth-order valence-corrected chi connectivity index (χ4v) is 3.59. The van der Waals surface area contributed by atoms with Crippen molar-refractivity contribution in [3.63, 3.8) is 0 Å². The second kappa shape index (κ2) is 7.13. The van der Waals surface area contributed by atoms with Crippen LogP contribution in [0.4, 0.5) is 0 Å². The summed E-state index contributed by atoms with van der Waals surface area (Å²) in [5.74, 6) is 0.657. The summed E-state index contributed by atoms with van der Waals surface area (Å²) >= 11 is 5.80. The molecule has 0 unspecified atom stereocenters. The summed E-state index contributed by atoms with van der Waals surface area (Å²) < 4.78 is 32.2. The number of sulfonamides is 1. The van der Waals surface area contributed by atoms with Gasteiger partial charge in [0.05, 0.1) is 12.9 Å². The number of rotatable bonds is 6. The van der Waals surface area contributed by atoms with Crippen molar-refractivity contribution in [1.82, 2.24) is 4.72 Å². The molecule has 1 atom stereocenters. The molecule has 0 radical (unpaired) electrons. The molecule has 1 N–H and O–H groups in total. The zero-order valence-electron chi connectivity index (χ0n) is 12.4. The van der Waals surface area contributed by atoms with Gasteiger partial charge in [-0.05, 0) is 42.3 Å². The van der Waals surface area contributed by atoms with E-state index in [1.807, 2.05) is 12.1 Å². The summed E-state index contributed by atoms with van der Waals surface area (Å²) in [5, 5.41) is 0.584. The van der Waals surface area contributed by atoms with Crippen molar-refractivity contribution in [2.24, 2.45) is 0 Å². The SMILES string of the molecule is COc1ccc([C@@H](C)NS(=O)(=O)Cc2ccc(Cl)cc2)cc1. The van der Waals surface area contributed by atoms with Crippen LogP contribution < -0.4 is 9.46 Å². The van der Waals surface area contributed by atoms with Crippen molar-refractivity contribution in [3.8, 4) is 5.75 Å². The van der Waals surface area contributed by atoms with Gasteiger partial charge in [-0.25, -0.2) is 13.1 Å². The Morgan fingerprint density at radius 2 is 1.68 bits per heavy atom. The summed E-state index contributed by atoms with van der Waals surface area (Å²) in [6.07, 6.45) is 0. The molecular weight excluding hydrogens is 322 g/mol. The van der Waals surface area contributed by atoms with Crippen molar-refractivity contribution < 1.29 is 13.2 Å². The molecule has 0 aliphatic rings. The average molecular weight is 340 g/mol. The zero-order chi connectivity index (χ0) is 16.2. The van der Waals surface area contributed by atoms with Crippen LogP contribution in [0.5, 0.6) is 5.75 Å². The normalized spacial score (nSPS) is 12.9. The standard InChI is InChI=1S/C16H18ClNO3S/c1-12(14-5-9-16(21-2)10-6-14)18-22(19,20)11-13-3-7-15(17)8-4-13/h3-10,12,18H,11H2,1-2H3/t12-/m1/s1. The van der Waals surface area contributed by atoms with E-state index in [0.717, 1.165) is 11.3 Å². The van der Waals surface area contributed by atoms with Crippen molar-refractivity contribution in [2.75, 3.05) is 7.11 Å². The van der Waals surface area contributed by atoms with Crippen LogP contribution in [0.2, 0.25) is 5.02 Å². The van der Waals surface area contributed by atoms with Gasteiger partial charge in [-0.15, -0.1) is 0 Å². The summed E-state index contributed by atoms with van der Waals surface area (Å²) in [6.45, 7) is 1.81. The Morgan fingerprint density at radius 1 is 1.09 bits per heavy atom. The highest BCUT2D eigenvalue weighted by Gasteiger charge is 2.16. The number of nitrogens with one attached hydrogen (secondary N) is 1. The third-order valence-electron chi connectivity index (χ3n) is 3.24. The maximum atomic E-state index is 12.2. The highest BCUT2D eigenvalue weighted by Crippen LogP contribution is 2.19. The number of halogens is 1. The Morgan fingerprint density at radius 3 is 2.23 bits per heavy atom. The molecule has 0 aliphatic heterocycles. The first-order chi connectivity index (χ1) is 10.4. The van der Waals surface area contributed by atoms with E-state index in [-0.39, 0.29) is 11.8 Å². The number of benzene rings is 2. The third kappa shape index (κ3) is 4.73. The summed E-state index contributed by atoms with van der Waals surface area (Å²) in [6, 6.07) is 13.8. The minimum Gasteiger partial charge on any atom is -0.497 e. The largest absolute Gasteiger partial charge is 0.497 e. The smallest absolute Gasteiger partial charge is 0.216 e. The monoisotopic (exact) mass is 339 g/mol. The number of methoxy groups -OCH3 is 1. The lowest BCUT2D eigenvalue weighted by Crippen LogP contribution is -2.28. The molecule has 0 spiro atoms. The lowest BCUT2D eigenvalue weighted by Gasteiger charge is -2.15. The van der Waals surface area contributed by atoms with Gasteiger partial charge in [0.25, 0.3) is 0 Å². The molecule has 0 aromatic heterocycles. The van der Waals surface area contributed by atoms with Gasteiger partial charge in [0, 0.05) is 11.1 Å². The number of ether oxygens (including phenoxy) is 1. The van der Waals surface area contributed by atoms with Gasteiger partial charge in [-0.2, -0.15) is 0 Å². The summed E-state index contributed by atoms with van der Waals surface area (Å²) in [4.78, 5) is 0. The van der Waals surface area contributed by atoms with Crippen LogP contribution in [0.15, 0.2) is 48.5 Å². The van der Waals surface area contributed by atoms with Gasteiger partial charge >= 0.3 is 0 Å². The molecule has 0 aliphatic carbocycles. The van der Waals surface area contributed by atoms with Crippen LogP contribution in [0.3, 0.4) is 0 Å². The van der Waals surface area contributed by atoms with E-state index < -0.39 is 10.0 Å². The van der Waals surface area contributed by atoms with Crippen LogP contribution in [0, 0.1) is 0 Å². The Hall–Kier alpha value is -1.56. The Bertz CT molecular complexity index is 712. The molecular formula is C16H18ClNO3S. The Labute approximate surface area is 136 Å². The predicted molar refractivity (Wildman–Crippen MR) is 88.6 cm³/mol. The van der Waals surface area contributed by atoms with Crippen LogP contribution in [0.1, 0.15) is 24.1 Å². The van der Waals surface area contributed by atoms with Gasteiger partial charge in [-0.1, -0.05) is 35.9 Å². The quantitative estimate of drug-likeness (QED) is 0.876. The van der Waals surface area contributed by atoms with Crippen LogP contribution in [0.25, 0.3) is 0 Å². The van der Waals surface area contributed by atoms with Crippen molar-refractivity contribution in [3.05, 3.63) is 64.7 Å². The zero-order valence-corrected chi connectivity index (χ0v) is 14.0. The van der Waals surface area contributed by atoms with Gasteiger partial charge in [0.2, 0.25) is 10.0 Å². The van der Waals surface area contributed by atoms with Crippen LogP contribution in [-0.2, 0) is 15.8 Å². The lowest BCUT2D eigenvalue weighted by atomic mass is 10.1. The Kier molecular flexibility index (Phi) is 5.45. The van der Waals surface area contributed by atoms with Crippen molar-refractivity contribution >= 4 is 21.6 Å². The fourth-order valence-electron chi connectivity index (χ4n) is 2.07. The second-order valence-electron chi connectivity index (χ2n) is 5.00. The molecule has 0 saturated heterocycles. The first-order valence-electron chi connectivity index (χ1n) is 6.78. The van der Waals surface area contributed by atoms with E-state index in [9.17, 15) is 8.42 Å². The molecule has 6 heteroatoms. The van der Waals surface area contributed by atoms with E-state index >= 15 is 0 Å². The van der Waals surface area contributed by atoms with E-state index in [4.69, 9.17) is 16.3 Å². The minimum absolute atomic E-state index is 0.0787. The fraction of sp³-hybridized carbons (Fsp3) is 0.250. The first-order valence-corrected chi connectivity index (χ1v) is 8.81. The maximum Gasteiger partial charge on any atom is 0.216 e. The highest BCUT2D eigenvalue weighted by molar-refractivity contribution is 7.88. The first kappa shape index (κ1) is 16.8. The van der Waals surface area contributed by atoms with E-state index in [1.54, 1.807) is 50.4 Å². The van der Waals surface area contributed by atoms with Crippen molar-refractivity contribution in [1.29, 1.82) is 0 Å². The maximum absolute atomic E-state index is 12.2. The Balaban J connectivity index is 2.05. The van der Waals surface area contributed by atoms with E-state index in [1.165, 1.54) is 0 Å². The van der Waals surface area contributed by atoms with E-state index in [2.05, 4.69) is 4.72 Å². The number of hydrogen-bond donors (Lipinski definition) is 1. The van der Waals surface area contributed by atoms with E-state index in [0.29, 0.717) is 10.6 Å². The van der Waals surface area contributed by atoms with Crippen LogP contribution >= 0.6 is 11.6 Å². The molecule has 2 aromatic carbocycles. The van der Waals surface area contributed by atoms with Crippen molar-refractivity contribution in [2.45, 2.75) is 18.7 Å². The van der Waals surface area contributed by atoms with Gasteiger partial charge in [0.1, 0.15) is 5.75 Å². The second-order valence-corrected chi connectivity index (χ2v) is 7.19. The summed E-state index contributed by atoms with van der Waals surface area (Å²) in [7, 11) is -1.84. The predicted octanol–water partition coefficient (Wildman–Crippen LogP) is 3.53. The molecule has 2 rings (SSSR count). The molecule has 118 valence electrons. The van der Waals surface area contributed by atoms with Gasteiger partial charge < -0.3 is 4.74 Å². The molecule has 0 bridgehead atoms. The molecule has 22 heavy (non-hydrogen) atoms. The topological polar surface area (TPSA) is 55.4 Å². The molecule has 0 amide bonds. The summed E-state index contributed by atoms with van der Waals surface area (Å²) in [5.41, 5.74) is 1.57. The number of hydrogen-bond acceptors (Lipinski definition) is 3. The molecule has 0 saturated carbocycles. The van der Waals surface area contributed by atoms with Crippen LogP contribution in [-0.4, -0.2) is 15.5 Å². The lowest BCUT2D eigenvalue weighted by molar-refractivity contribution is 0.414. The molecule has 2 aromatic rings. The minimum atomic E-state index is -3.43. The molecule has 4 nitrogen and oxygen atoms in total.